The van der Waals surface area contributed by atoms with Crippen molar-refractivity contribution < 1.29 is 0 Å². The number of hydrogen-bond acceptors (Lipinski definition) is 2. The van der Waals surface area contributed by atoms with Crippen molar-refractivity contribution >= 4 is 0 Å². The summed E-state index contributed by atoms with van der Waals surface area (Å²) >= 11 is 0. The third-order valence-corrected chi connectivity index (χ3v) is 4.95. The Kier molecular flexibility index (Phi) is 6.57. The fourth-order valence-corrected chi connectivity index (χ4v) is 3.75. The van der Waals surface area contributed by atoms with Crippen LogP contribution in [-0.2, 0) is 0 Å². The van der Waals surface area contributed by atoms with E-state index in [0.717, 1.165) is 12.0 Å². The number of rotatable bonds is 6. The molecule has 1 aliphatic carbocycles. The molecule has 1 N–H and O–H groups in total. The van der Waals surface area contributed by atoms with E-state index in [1.807, 2.05) is 0 Å². The van der Waals surface area contributed by atoms with Crippen molar-refractivity contribution in [1.82, 2.24) is 10.2 Å². The molecule has 0 saturated carbocycles. The number of nitrogens with zero attached hydrogens (tertiary/aromatic N) is 1. The predicted molar refractivity (Wildman–Crippen MR) is 88.1 cm³/mol. The van der Waals surface area contributed by atoms with Crippen molar-refractivity contribution in [1.29, 1.82) is 0 Å². The summed E-state index contributed by atoms with van der Waals surface area (Å²) in [6, 6.07) is 1.46. The molecule has 0 radical (unpaired) electrons. The zero-order valence-electron chi connectivity index (χ0n) is 13.8. The molecular formula is C18H34N2. The maximum Gasteiger partial charge on any atom is 0.0218 e. The minimum absolute atomic E-state index is 0.707. The molecule has 0 spiro atoms. The van der Waals surface area contributed by atoms with Crippen molar-refractivity contribution in [3.63, 3.8) is 0 Å². The first kappa shape index (κ1) is 16.0. The summed E-state index contributed by atoms with van der Waals surface area (Å²) in [5, 5.41) is 3.76. The molecule has 2 unspecified atom stereocenters. The van der Waals surface area contributed by atoms with Gasteiger partial charge < -0.3 is 5.32 Å². The molecule has 1 heterocycles. The molecule has 20 heavy (non-hydrogen) atoms. The average Bonchev–Trinajstić information content (AvgIpc) is 2.46. The van der Waals surface area contributed by atoms with Crippen LogP contribution in [0.15, 0.2) is 11.6 Å². The highest BCUT2D eigenvalue weighted by atomic mass is 15.2. The van der Waals surface area contributed by atoms with Crippen molar-refractivity contribution in [2.45, 2.75) is 77.8 Å². The van der Waals surface area contributed by atoms with Crippen molar-refractivity contribution in [2.75, 3.05) is 19.6 Å². The second kappa shape index (κ2) is 8.19. The molecule has 2 nitrogen and oxygen atoms in total. The summed E-state index contributed by atoms with van der Waals surface area (Å²) in [4.78, 5) is 2.76. The van der Waals surface area contributed by atoms with Gasteiger partial charge in [0, 0.05) is 31.7 Å². The van der Waals surface area contributed by atoms with Gasteiger partial charge in [-0.1, -0.05) is 32.4 Å². The third-order valence-electron chi connectivity index (χ3n) is 4.95. The van der Waals surface area contributed by atoms with Crippen molar-refractivity contribution in [3.05, 3.63) is 11.6 Å². The van der Waals surface area contributed by atoms with E-state index in [1.54, 1.807) is 5.57 Å². The van der Waals surface area contributed by atoms with E-state index in [4.69, 9.17) is 0 Å². The molecule has 116 valence electrons. The molecule has 0 aromatic rings. The van der Waals surface area contributed by atoms with Crippen LogP contribution in [0.3, 0.4) is 0 Å². The lowest BCUT2D eigenvalue weighted by atomic mass is 9.95. The van der Waals surface area contributed by atoms with Crippen LogP contribution in [-0.4, -0.2) is 36.6 Å². The van der Waals surface area contributed by atoms with Gasteiger partial charge in [0.2, 0.25) is 0 Å². The monoisotopic (exact) mass is 278 g/mol. The van der Waals surface area contributed by atoms with Gasteiger partial charge in [0.05, 0.1) is 0 Å². The fourth-order valence-electron chi connectivity index (χ4n) is 3.75. The molecule has 0 aromatic heterocycles. The van der Waals surface area contributed by atoms with Crippen LogP contribution in [0, 0.1) is 5.92 Å². The molecule has 2 atom stereocenters. The minimum Gasteiger partial charge on any atom is -0.311 e. The highest BCUT2D eigenvalue weighted by Crippen LogP contribution is 2.22. The largest absolute Gasteiger partial charge is 0.311 e. The second-order valence-corrected chi connectivity index (χ2v) is 7.15. The molecule has 1 saturated heterocycles. The summed E-state index contributed by atoms with van der Waals surface area (Å²) in [6.07, 6.45) is 11.9. The van der Waals surface area contributed by atoms with Crippen LogP contribution < -0.4 is 5.32 Å². The molecule has 0 amide bonds. The van der Waals surface area contributed by atoms with Crippen LogP contribution in [0.2, 0.25) is 0 Å². The van der Waals surface area contributed by atoms with Crippen molar-refractivity contribution in [2.24, 2.45) is 5.92 Å². The topological polar surface area (TPSA) is 15.3 Å². The lowest BCUT2D eigenvalue weighted by Crippen LogP contribution is -2.56. The number of hydrogen-bond donors (Lipinski definition) is 1. The Morgan fingerprint density at radius 2 is 2.20 bits per heavy atom. The Balaban J connectivity index is 1.83. The van der Waals surface area contributed by atoms with Gasteiger partial charge in [-0.15, -0.1) is 0 Å². The van der Waals surface area contributed by atoms with E-state index in [9.17, 15) is 0 Å². The van der Waals surface area contributed by atoms with E-state index in [1.165, 1.54) is 64.6 Å². The van der Waals surface area contributed by atoms with Crippen LogP contribution in [0.4, 0.5) is 0 Å². The maximum atomic E-state index is 3.76. The van der Waals surface area contributed by atoms with E-state index in [-0.39, 0.29) is 0 Å². The summed E-state index contributed by atoms with van der Waals surface area (Å²) < 4.78 is 0. The van der Waals surface area contributed by atoms with Gasteiger partial charge in [0.1, 0.15) is 0 Å². The van der Waals surface area contributed by atoms with Gasteiger partial charge in [-0.3, -0.25) is 4.90 Å². The first-order valence-electron chi connectivity index (χ1n) is 8.84. The van der Waals surface area contributed by atoms with Crippen LogP contribution >= 0.6 is 0 Å². The first-order valence-corrected chi connectivity index (χ1v) is 8.84. The van der Waals surface area contributed by atoms with Crippen LogP contribution in [0.5, 0.6) is 0 Å². The number of piperazine rings is 1. The third kappa shape index (κ3) is 4.89. The molecule has 0 bridgehead atoms. The average molecular weight is 278 g/mol. The zero-order chi connectivity index (χ0) is 14.4. The highest BCUT2D eigenvalue weighted by Gasteiger charge is 2.26. The zero-order valence-corrected chi connectivity index (χ0v) is 13.8. The van der Waals surface area contributed by atoms with Gasteiger partial charge in [0.15, 0.2) is 0 Å². The molecule has 0 aromatic carbocycles. The molecule has 2 heteroatoms. The maximum absolute atomic E-state index is 3.76. The highest BCUT2D eigenvalue weighted by molar-refractivity contribution is 5.05. The molecule has 2 rings (SSSR count). The van der Waals surface area contributed by atoms with E-state index in [2.05, 4.69) is 37.1 Å². The smallest absolute Gasteiger partial charge is 0.0218 e. The van der Waals surface area contributed by atoms with E-state index >= 15 is 0 Å². The van der Waals surface area contributed by atoms with Gasteiger partial charge in [-0.25, -0.2) is 0 Å². The van der Waals surface area contributed by atoms with Crippen LogP contribution in [0.25, 0.3) is 0 Å². The summed E-state index contributed by atoms with van der Waals surface area (Å²) in [6.45, 7) is 10.7. The first-order chi connectivity index (χ1) is 9.69. The minimum atomic E-state index is 0.707. The fraction of sp³-hybridized carbons (Fsp3) is 0.889. The number of allylic oxidation sites excluding steroid dienone is 1. The summed E-state index contributed by atoms with van der Waals surface area (Å²) in [7, 11) is 0. The van der Waals surface area contributed by atoms with Crippen molar-refractivity contribution in [3.8, 4) is 0 Å². The van der Waals surface area contributed by atoms with Gasteiger partial charge >= 0.3 is 0 Å². The van der Waals surface area contributed by atoms with E-state index < -0.39 is 0 Å². The van der Waals surface area contributed by atoms with Crippen LogP contribution in [0.1, 0.15) is 65.7 Å². The quantitative estimate of drug-likeness (QED) is 0.739. The summed E-state index contributed by atoms with van der Waals surface area (Å²) in [5.74, 6) is 0.800. The predicted octanol–water partition coefficient (Wildman–Crippen LogP) is 3.98. The lowest BCUT2D eigenvalue weighted by Gasteiger charge is -2.41. The normalized spacial score (nSPS) is 28.7. The second-order valence-electron chi connectivity index (χ2n) is 7.15. The Morgan fingerprint density at radius 1 is 1.35 bits per heavy atom. The standard InChI is InChI=1S/C18H34N2/c1-4-18-13-19-17(12-15(2)3)14-20(18)11-10-16-8-6-5-7-9-16/h8,15,17-19H,4-7,9-14H2,1-3H3. The SMILES string of the molecule is CCC1CNC(CC(C)C)CN1CCC1=CCCCC1. The summed E-state index contributed by atoms with van der Waals surface area (Å²) in [5.41, 5.74) is 1.73. The van der Waals surface area contributed by atoms with Gasteiger partial charge in [-0.05, 0) is 50.9 Å². The van der Waals surface area contributed by atoms with Gasteiger partial charge in [-0.2, -0.15) is 0 Å². The lowest BCUT2D eigenvalue weighted by molar-refractivity contribution is 0.119. The molecular weight excluding hydrogens is 244 g/mol. The Morgan fingerprint density at radius 3 is 2.85 bits per heavy atom. The molecule has 2 aliphatic rings. The molecule has 1 aliphatic heterocycles. The van der Waals surface area contributed by atoms with E-state index in [0.29, 0.717) is 6.04 Å². The molecule has 1 fully saturated rings. The van der Waals surface area contributed by atoms with Gasteiger partial charge in [0.25, 0.3) is 0 Å². The Labute approximate surface area is 126 Å². The number of nitrogens with one attached hydrogen (secondary N) is 1. The Hall–Kier alpha value is -0.340. The Bertz CT molecular complexity index is 309.